The molecule has 0 saturated carbocycles. The fourth-order valence-corrected chi connectivity index (χ4v) is 2.42. The SMILES string of the molecule is COc1cc(OC)cc(C(N)c2c(C)nn(C)c2C)c1. The fraction of sp³-hybridized carbons (Fsp3) is 0.400. The highest BCUT2D eigenvalue weighted by Gasteiger charge is 2.19. The van der Waals surface area contributed by atoms with Crippen molar-refractivity contribution in [3.8, 4) is 11.5 Å². The standard InChI is InChI=1S/C15H21N3O2/c1-9-14(10(2)18(3)17-9)15(16)11-6-12(19-4)8-13(7-11)20-5/h6-8,15H,16H2,1-5H3. The molecule has 0 bridgehead atoms. The van der Waals surface area contributed by atoms with Gasteiger partial charge in [-0.25, -0.2) is 0 Å². The van der Waals surface area contributed by atoms with Crippen molar-refractivity contribution in [2.75, 3.05) is 14.2 Å². The molecule has 0 saturated heterocycles. The number of hydrogen-bond acceptors (Lipinski definition) is 4. The monoisotopic (exact) mass is 275 g/mol. The zero-order valence-electron chi connectivity index (χ0n) is 12.6. The minimum atomic E-state index is -0.257. The Labute approximate surface area is 119 Å². The number of ether oxygens (including phenoxy) is 2. The van der Waals surface area contributed by atoms with Crippen LogP contribution >= 0.6 is 0 Å². The largest absolute Gasteiger partial charge is 0.497 e. The molecule has 1 heterocycles. The number of methoxy groups -OCH3 is 2. The summed E-state index contributed by atoms with van der Waals surface area (Å²) in [4.78, 5) is 0. The Morgan fingerprint density at radius 1 is 1.10 bits per heavy atom. The van der Waals surface area contributed by atoms with E-state index >= 15 is 0 Å². The van der Waals surface area contributed by atoms with Crippen LogP contribution in [0.5, 0.6) is 11.5 Å². The van der Waals surface area contributed by atoms with Crippen molar-refractivity contribution in [3.63, 3.8) is 0 Å². The molecule has 1 atom stereocenters. The van der Waals surface area contributed by atoms with Gasteiger partial charge in [-0.3, -0.25) is 4.68 Å². The summed E-state index contributed by atoms with van der Waals surface area (Å²) in [6, 6.07) is 5.44. The zero-order valence-corrected chi connectivity index (χ0v) is 12.6. The van der Waals surface area contributed by atoms with Crippen LogP contribution in [0.3, 0.4) is 0 Å². The van der Waals surface area contributed by atoms with Crippen LogP contribution in [0.1, 0.15) is 28.6 Å². The predicted molar refractivity (Wildman–Crippen MR) is 78.3 cm³/mol. The maximum absolute atomic E-state index is 6.41. The highest BCUT2D eigenvalue weighted by molar-refractivity contribution is 5.44. The molecule has 20 heavy (non-hydrogen) atoms. The van der Waals surface area contributed by atoms with Gasteiger partial charge in [-0.2, -0.15) is 5.10 Å². The lowest BCUT2D eigenvalue weighted by molar-refractivity contribution is 0.393. The Morgan fingerprint density at radius 2 is 1.65 bits per heavy atom. The van der Waals surface area contributed by atoms with E-state index < -0.39 is 0 Å². The molecule has 108 valence electrons. The van der Waals surface area contributed by atoms with Crippen molar-refractivity contribution in [1.82, 2.24) is 9.78 Å². The van der Waals surface area contributed by atoms with Crippen LogP contribution in [-0.4, -0.2) is 24.0 Å². The molecule has 0 aliphatic heterocycles. The van der Waals surface area contributed by atoms with E-state index in [0.29, 0.717) is 0 Å². The third-order valence-corrected chi connectivity index (χ3v) is 3.61. The molecule has 1 aromatic heterocycles. The molecule has 1 unspecified atom stereocenters. The van der Waals surface area contributed by atoms with Gasteiger partial charge in [0.2, 0.25) is 0 Å². The Morgan fingerprint density at radius 3 is 2.05 bits per heavy atom. The summed E-state index contributed by atoms with van der Waals surface area (Å²) < 4.78 is 12.4. The fourth-order valence-electron chi connectivity index (χ4n) is 2.42. The molecule has 5 heteroatoms. The van der Waals surface area contributed by atoms with Gasteiger partial charge in [0.15, 0.2) is 0 Å². The first-order valence-electron chi connectivity index (χ1n) is 6.46. The van der Waals surface area contributed by atoms with Crippen molar-refractivity contribution in [2.45, 2.75) is 19.9 Å². The average molecular weight is 275 g/mol. The van der Waals surface area contributed by atoms with Gasteiger partial charge in [0.25, 0.3) is 0 Å². The van der Waals surface area contributed by atoms with Gasteiger partial charge in [0, 0.05) is 24.4 Å². The predicted octanol–water partition coefficient (Wildman–Crippen LogP) is 2.10. The van der Waals surface area contributed by atoms with E-state index in [4.69, 9.17) is 15.2 Å². The Hall–Kier alpha value is -2.01. The molecule has 0 spiro atoms. The molecular weight excluding hydrogens is 254 g/mol. The summed E-state index contributed by atoms with van der Waals surface area (Å²) in [6.45, 7) is 3.99. The van der Waals surface area contributed by atoms with Gasteiger partial charge in [-0.15, -0.1) is 0 Å². The maximum Gasteiger partial charge on any atom is 0.122 e. The normalized spacial score (nSPS) is 12.3. The first-order chi connectivity index (χ1) is 9.47. The van der Waals surface area contributed by atoms with Gasteiger partial charge in [-0.05, 0) is 31.5 Å². The summed E-state index contributed by atoms with van der Waals surface area (Å²) in [6.07, 6.45) is 0. The number of aryl methyl sites for hydroxylation is 2. The molecule has 2 rings (SSSR count). The molecule has 0 radical (unpaired) electrons. The van der Waals surface area contributed by atoms with Crippen molar-refractivity contribution in [3.05, 3.63) is 40.7 Å². The third-order valence-electron chi connectivity index (χ3n) is 3.61. The minimum Gasteiger partial charge on any atom is -0.497 e. The zero-order chi connectivity index (χ0) is 14.9. The quantitative estimate of drug-likeness (QED) is 0.928. The molecule has 2 N–H and O–H groups in total. The molecule has 0 aliphatic carbocycles. The van der Waals surface area contributed by atoms with E-state index in [2.05, 4.69) is 5.10 Å². The first kappa shape index (κ1) is 14.4. The summed E-state index contributed by atoms with van der Waals surface area (Å²) >= 11 is 0. The van der Waals surface area contributed by atoms with Crippen LogP contribution in [0.4, 0.5) is 0 Å². The Kier molecular flexibility index (Phi) is 3.99. The number of nitrogens with zero attached hydrogens (tertiary/aromatic N) is 2. The summed E-state index contributed by atoms with van der Waals surface area (Å²) in [7, 11) is 5.18. The lowest BCUT2D eigenvalue weighted by Crippen LogP contribution is -2.14. The van der Waals surface area contributed by atoms with Crippen LogP contribution in [0.2, 0.25) is 0 Å². The number of rotatable bonds is 4. The van der Waals surface area contributed by atoms with Crippen molar-refractivity contribution in [2.24, 2.45) is 12.8 Å². The lowest BCUT2D eigenvalue weighted by atomic mass is 9.97. The highest BCUT2D eigenvalue weighted by atomic mass is 16.5. The van der Waals surface area contributed by atoms with E-state index in [0.717, 1.165) is 34.0 Å². The number of hydrogen-bond donors (Lipinski definition) is 1. The van der Waals surface area contributed by atoms with E-state index in [1.54, 1.807) is 14.2 Å². The number of benzene rings is 1. The molecular formula is C15H21N3O2. The van der Waals surface area contributed by atoms with E-state index in [9.17, 15) is 0 Å². The van der Waals surface area contributed by atoms with Crippen LogP contribution in [0, 0.1) is 13.8 Å². The molecule has 0 amide bonds. The molecule has 0 fully saturated rings. The average Bonchev–Trinajstić information content (AvgIpc) is 2.70. The molecule has 1 aromatic carbocycles. The highest BCUT2D eigenvalue weighted by Crippen LogP contribution is 2.31. The summed E-state index contributed by atoms with van der Waals surface area (Å²) in [5, 5.41) is 4.42. The maximum atomic E-state index is 6.41. The van der Waals surface area contributed by atoms with Gasteiger partial charge < -0.3 is 15.2 Å². The van der Waals surface area contributed by atoms with Gasteiger partial charge in [-0.1, -0.05) is 0 Å². The third kappa shape index (κ3) is 2.49. The van der Waals surface area contributed by atoms with Gasteiger partial charge in [0.1, 0.15) is 11.5 Å². The van der Waals surface area contributed by atoms with E-state index in [-0.39, 0.29) is 6.04 Å². The molecule has 2 aromatic rings. The summed E-state index contributed by atoms with van der Waals surface area (Å²) in [5.41, 5.74) is 10.4. The Balaban J connectivity index is 2.49. The number of aromatic nitrogens is 2. The first-order valence-corrected chi connectivity index (χ1v) is 6.46. The Bertz CT molecular complexity index is 598. The lowest BCUT2D eigenvalue weighted by Gasteiger charge is -2.15. The minimum absolute atomic E-state index is 0.257. The smallest absolute Gasteiger partial charge is 0.122 e. The van der Waals surface area contributed by atoms with Crippen molar-refractivity contribution >= 4 is 0 Å². The second-order valence-electron chi connectivity index (χ2n) is 4.83. The van der Waals surface area contributed by atoms with Crippen LogP contribution in [0.25, 0.3) is 0 Å². The van der Waals surface area contributed by atoms with Crippen LogP contribution in [0.15, 0.2) is 18.2 Å². The van der Waals surface area contributed by atoms with Crippen molar-refractivity contribution < 1.29 is 9.47 Å². The second kappa shape index (κ2) is 5.54. The van der Waals surface area contributed by atoms with Crippen molar-refractivity contribution in [1.29, 1.82) is 0 Å². The summed E-state index contributed by atoms with van der Waals surface area (Å²) in [5.74, 6) is 1.46. The van der Waals surface area contributed by atoms with Crippen LogP contribution in [-0.2, 0) is 7.05 Å². The molecule has 5 nitrogen and oxygen atoms in total. The second-order valence-corrected chi connectivity index (χ2v) is 4.83. The van der Waals surface area contributed by atoms with Gasteiger partial charge in [0.05, 0.1) is 26.0 Å². The topological polar surface area (TPSA) is 62.3 Å². The van der Waals surface area contributed by atoms with Gasteiger partial charge >= 0.3 is 0 Å². The molecule has 0 aliphatic rings. The number of nitrogens with two attached hydrogens (primary N) is 1. The van der Waals surface area contributed by atoms with E-state index in [1.807, 2.05) is 43.8 Å². The van der Waals surface area contributed by atoms with Crippen LogP contribution < -0.4 is 15.2 Å². The van der Waals surface area contributed by atoms with E-state index in [1.165, 1.54) is 0 Å².